The highest BCUT2D eigenvalue weighted by Crippen LogP contribution is 2.36. The second-order valence-corrected chi connectivity index (χ2v) is 4.70. The SMILES string of the molecule is C1=NC(c2c[nH]c3ccccc23)c2ccccc2N1. The Kier molecular flexibility index (Phi) is 2.18. The first-order valence-corrected chi connectivity index (χ1v) is 6.36. The van der Waals surface area contributed by atoms with Crippen molar-refractivity contribution in [3.8, 4) is 0 Å². The number of nitrogens with zero attached hydrogens (tertiary/aromatic N) is 1. The van der Waals surface area contributed by atoms with Crippen molar-refractivity contribution in [2.75, 3.05) is 5.32 Å². The molecule has 3 heteroatoms. The lowest BCUT2D eigenvalue weighted by atomic mass is 9.96. The fourth-order valence-electron chi connectivity index (χ4n) is 2.70. The van der Waals surface area contributed by atoms with Gasteiger partial charge >= 0.3 is 0 Å². The van der Waals surface area contributed by atoms with E-state index in [0.717, 1.165) is 11.2 Å². The van der Waals surface area contributed by atoms with Crippen LogP contribution in [0.5, 0.6) is 0 Å². The lowest BCUT2D eigenvalue weighted by Gasteiger charge is -2.20. The second-order valence-electron chi connectivity index (χ2n) is 4.70. The van der Waals surface area contributed by atoms with E-state index in [2.05, 4.69) is 57.9 Å². The Hall–Kier alpha value is -2.55. The van der Waals surface area contributed by atoms with Gasteiger partial charge in [0.1, 0.15) is 6.04 Å². The summed E-state index contributed by atoms with van der Waals surface area (Å²) >= 11 is 0. The van der Waals surface area contributed by atoms with Gasteiger partial charge in [-0.2, -0.15) is 0 Å². The minimum atomic E-state index is 0.0635. The molecule has 3 nitrogen and oxygen atoms in total. The molecule has 0 bridgehead atoms. The fourth-order valence-corrected chi connectivity index (χ4v) is 2.70. The molecule has 0 spiro atoms. The van der Waals surface area contributed by atoms with Crippen LogP contribution in [-0.4, -0.2) is 11.3 Å². The van der Waals surface area contributed by atoms with E-state index in [4.69, 9.17) is 0 Å². The molecule has 0 saturated heterocycles. The number of aromatic nitrogens is 1. The van der Waals surface area contributed by atoms with Crippen LogP contribution in [0.15, 0.2) is 59.7 Å². The van der Waals surface area contributed by atoms with Crippen LogP contribution in [0, 0.1) is 0 Å². The Morgan fingerprint density at radius 3 is 2.74 bits per heavy atom. The normalized spacial score (nSPS) is 17.2. The van der Waals surface area contributed by atoms with Crippen molar-refractivity contribution in [1.82, 2.24) is 4.98 Å². The molecule has 4 rings (SSSR count). The maximum absolute atomic E-state index is 4.61. The van der Waals surface area contributed by atoms with E-state index in [1.165, 1.54) is 16.5 Å². The number of hydrogen-bond acceptors (Lipinski definition) is 2. The summed E-state index contributed by atoms with van der Waals surface area (Å²) in [6.45, 7) is 0. The van der Waals surface area contributed by atoms with Crippen LogP contribution in [0.25, 0.3) is 10.9 Å². The van der Waals surface area contributed by atoms with Gasteiger partial charge in [-0.15, -0.1) is 0 Å². The number of para-hydroxylation sites is 2. The molecule has 0 saturated carbocycles. The van der Waals surface area contributed by atoms with Crippen molar-refractivity contribution >= 4 is 22.9 Å². The van der Waals surface area contributed by atoms with E-state index in [9.17, 15) is 0 Å². The molecule has 0 fully saturated rings. The Morgan fingerprint density at radius 1 is 0.895 bits per heavy atom. The van der Waals surface area contributed by atoms with Gasteiger partial charge in [-0.1, -0.05) is 36.4 Å². The maximum atomic E-state index is 4.61. The highest BCUT2D eigenvalue weighted by molar-refractivity contribution is 5.87. The number of aliphatic imine (C=N–C) groups is 1. The van der Waals surface area contributed by atoms with Gasteiger partial charge in [-0.25, -0.2) is 0 Å². The van der Waals surface area contributed by atoms with Crippen LogP contribution in [0.2, 0.25) is 0 Å². The number of rotatable bonds is 1. The van der Waals surface area contributed by atoms with Crippen molar-refractivity contribution < 1.29 is 0 Å². The number of aromatic amines is 1. The third-order valence-electron chi connectivity index (χ3n) is 3.61. The van der Waals surface area contributed by atoms with Crippen LogP contribution in [-0.2, 0) is 0 Å². The van der Waals surface area contributed by atoms with Crippen LogP contribution in [0.3, 0.4) is 0 Å². The molecule has 92 valence electrons. The minimum Gasteiger partial charge on any atom is -0.361 e. The molecular formula is C16H13N3. The number of benzene rings is 2. The smallest absolute Gasteiger partial charge is 0.106 e. The number of fused-ring (bicyclic) bond motifs is 2. The molecule has 2 heterocycles. The van der Waals surface area contributed by atoms with E-state index in [1.54, 1.807) is 6.34 Å². The molecule has 0 amide bonds. The average molecular weight is 247 g/mol. The highest BCUT2D eigenvalue weighted by atomic mass is 15.0. The third kappa shape index (κ3) is 1.55. The average Bonchev–Trinajstić information content (AvgIpc) is 2.90. The topological polar surface area (TPSA) is 40.2 Å². The van der Waals surface area contributed by atoms with E-state index in [-0.39, 0.29) is 6.04 Å². The Bertz CT molecular complexity index is 770. The lowest BCUT2D eigenvalue weighted by Crippen LogP contribution is -2.10. The quantitative estimate of drug-likeness (QED) is 0.676. The molecule has 0 aliphatic carbocycles. The van der Waals surface area contributed by atoms with E-state index < -0.39 is 0 Å². The predicted molar refractivity (Wildman–Crippen MR) is 78.7 cm³/mol. The van der Waals surface area contributed by atoms with Gasteiger partial charge in [0.15, 0.2) is 0 Å². The lowest BCUT2D eigenvalue weighted by molar-refractivity contribution is 0.878. The Labute approximate surface area is 111 Å². The van der Waals surface area contributed by atoms with Crippen LogP contribution >= 0.6 is 0 Å². The standard InChI is InChI=1S/C16H13N3/c1-3-7-14-11(5-1)13(9-17-14)16-12-6-2-4-8-15(12)18-10-19-16/h1-10,16-17H,(H,18,19). The molecule has 19 heavy (non-hydrogen) atoms. The van der Waals surface area contributed by atoms with Crippen LogP contribution in [0.4, 0.5) is 5.69 Å². The molecule has 1 aliphatic heterocycles. The van der Waals surface area contributed by atoms with Crippen molar-refractivity contribution in [2.45, 2.75) is 6.04 Å². The summed E-state index contributed by atoms with van der Waals surface area (Å²) in [6, 6.07) is 16.7. The summed E-state index contributed by atoms with van der Waals surface area (Å²) < 4.78 is 0. The van der Waals surface area contributed by atoms with Crippen LogP contribution in [0.1, 0.15) is 17.2 Å². The summed E-state index contributed by atoms with van der Waals surface area (Å²) in [5.41, 5.74) is 4.73. The first kappa shape index (κ1) is 10.4. The van der Waals surface area contributed by atoms with Gasteiger partial charge in [-0.05, 0) is 12.1 Å². The zero-order valence-corrected chi connectivity index (χ0v) is 10.3. The first-order valence-electron chi connectivity index (χ1n) is 6.36. The van der Waals surface area contributed by atoms with E-state index in [0.29, 0.717) is 0 Å². The largest absolute Gasteiger partial charge is 0.361 e. The highest BCUT2D eigenvalue weighted by Gasteiger charge is 2.21. The van der Waals surface area contributed by atoms with Gasteiger partial charge in [0.25, 0.3) is 0 Å². The maximum Gasteiger partial charge on any atom is 0.106 e. The molecule has 0 radical (unpaired) electrons. The summed E-state index contributed by atoms with van der Waals surface area (Å²) in [4.78, 5) is 7.93. The molecule has 2 N–H and O–H groups in total. The van der Waals surface area contributed by atoms with Gasteiger partial charge < -0.3 is 10.3 Å². The summed E-state index contributed by atoms with van der Waals surface area (Å²) in [6.07, 6.45) is 3.85. The number of anilines is 1. The van der Waals surface area contributed by atoms with Gasteiger partial charge in [-0.3, -0.25) is 4.99 Å². The van der Waals surface area contributed by atoms with Crippen molar-refractivity contribution in [2.24, 2.45) is 4.99 Å². The molecule has 2 aromatic carbocycles. The van der Waals surface area contributed by atoms with Crippen LogP contribution < -0.4 is 5.32 Å². The first-order chi connectivity index (χ1) is 9.43. The molecule has 3 aromatic rings. The zero-order chi connectivity index (χ0) is 12.7. The fraction of sp³-hybridized carbons (Fsp3) is 0.0625. The van der Waals surface area contributed by atoms with Crippen molar-refractivity contribution in [3.05, 3.63) is 65.9 Å². The zero-order valence-electron chi connectivity index (χ0n) is 10.3. The number of hydrogen-bond donors (Lipinski definition) is 2. The summed E-state index contributed by atoms with van der Waals surface area (Å²) in [7, 11) is 0. The van der Waals surface area contributed by atoms with Gasteiger partial charge in [0.05, 0.1) is 6.34 Å². The molecule has 1 unspecified atom stereocenters. The van der Waals surface area contributed by atoms with Crippen molar-refractivity contribution in [1.29, 1.82) is 0 Å². The molecule has 1 aliphatic rings. The van der Waals surface area contributed by atoms with E-state index >= 15 is 0 Å². The molecule has 1 aromatic heterocycles. The third-order valence-corrected chi connectivity index (χ3v) is 3.61. The summed E-state index contributed by atoms with van der Waals surface area (Å²) in [5.74, 6) is 0. The Balaban J connectivity index is 1.93. The number of nitrogens with one attached hydrogen (secondary N) is 2. The monoisotopic (exact) mass is 247 g/mol. The number of H-pyrrole nitrogens is 1. The second kappa shape index (κ2) is 3.99. The van der Waals surface area contributed by atoms with Gasteiger partial charge in [0.2, 0.25) is 0 Å². The molecular weight excluding hydrogens is 234 g/mol. The van der Waals surface area contributed by atoms with E-state index in [1.807, 2.05) is 12.1 Å². The predicted octanol–water partition coefficient (Wildman–Crippen LogP) is 3.71. The van der Waals surface area contributed by atoms with Gasteiger partial charge in [0, 0.05) is 33.9 Å². The summed E-state index contributed by atoms with van der Waals surface area (Å²) in [5, 5.41) is 4.44. The Morgan fingerprint density at radius 2 is 1.74 bits per heavy atom. The van der Waals surface area contributed by atoms with Crippen molar-refractivity contribution in [3.63, 3.8) is 0 Å². The minimum absolute atomic E-state index is 0.0635. The molecule has 1 atom stereocenters.